The summed E-state index contributed by atoms with van der Waals surface area (Å²) in [5, 5.41) is 3.30. The zero-order valence-corrected chi connectivity index (χ0v) is 21.5. The molecule has 2 aromatic carbocycles. The minimum atomic E-state index is -3.91. The lowest BCUT2D eigenvalue weighted by Crippen LogP contribution is -2.54. The van der Waals surface area contributed by atoms with Crippen LogP contribution in [0.25, 0.3) is 0 Å². The number of hydrogen-bond acceptors (Lipinski definition) is 4. The van der Waals surface area contributed by atoms with Gasteiger partial charge in [-0.2, -0.15) is 4.31 Å². The number of likely N-dealkylation sites (N-methyl/N-ethyl adjacent to an activating group) is 1. The number of rotatable bonds is 8. The highest BCUT2D eigenvalue weighted by Gasteiger charge is 2.31. The molecule has 1 N–H and O–H groups in total. The SMILES string of the molecule is Cc1cccc(CN(C(=O)CN(C)S(=O)(=O)c2ccc(Cl)cc2)[C@H](C)C(=O)NC(C)(C)C)c1. The second-order valence-electron chi connectivity index (χ2n) is 9.14. The first-order chi connectivity index (χ1) is 15.2. The van der Waals surface area contributed by atoms with Gasteiger partial charge in [0.1, 0.15) is 6.04 Å². The Kier molecular flexibility index (Phi) is 8.68. The van der Waals surface area contributed by atoms with Crippen molar-refractivity contribution < 1.29 is 18.0 Å². The normalized spacial score (nSPS) is 13.0. The molecule has 7 nitrogen and oxygen atoms in total. The van der Waals surface area contributed by atoms with E-state index in [-0.39, 0.29) is 17.3 Å². The number of halogens is 1. The van der Waals surface area contributed by atoms with Crippen LogP contribution in [0, 0.1) is 6.92 Å². The molecule has 0 fully saturated rings. The molecule has 9 heteroatoms. The van der Waals surface area contributed by atoms with Gasteiger partial charge < -0.3 is 10.2 Å². The van der Waals surface area contributed by atoms with E-state index in [0.717, 1.165) is 15.4 Å². The molecule has 2 rings (SSSR count). The fourth-order valence-corrected chi connectivity index (χ4v) is 4.46. The molecule has 0 saturated heterocycles. The second-order valence-corrected chi connectivity index (χ2v) is 11.6. The van der Waals surface area contributed by atoms with Gasteiger partial charge in [0.15, 0.2) is 0 Å². The van der Waals surface area contributed by atoms with Crippen molar-refractivity contribution in [3.63, 3.8) is 0 Å². The van der Waals surface area contributed by atoms with E-state index in [9.17, 15) is 18.0 Å². The number of benzene rings is 2. The summed E-state index contributed by atoms with van der Waals surface area (Å²) in [5.41, 5.74) is 1.40. The number of nitrogens with one attached hydrogen (secondary N) is 1. The number of nitrogens with zero attached hydrogens (tertiary/aromatic N) is 2. The zero-order chi connectivity index (χ0) is 25.0. The number of amides is 2. The van der Waals surface area contributed by atoms with Crippen LogP contribution >= 0.6 is 11.6 Å². The van der Waals surface area contributed by atoms with Crippen LogP contribution in [0.4, 0.5) is 0 Å². The van der Waals surface area contributed by atoms with Gasteiger partial charge in [-0.1, -0.05) is 41.4 Å². The minimum absolute atomic E-state index is 0.0333. The predicted molar refractivity (Wildman–Crippen MR) is 130 cm³/mol. The van der Waals surface area contributed by atoms with Crippen molar-refractivity contribution in [3.05, 3.63) is 64.7 Å². The van der Waals surface area contributed by atoms with E-state index in [1.165, 1.54) is 36.2 Å². The van der Waals surface area contributed by atoms with Crippen LogP contribution in [0.2, 0.25) is 5.02 Å². The van der Waals surface area contributed by atoms with Gasteiger partial charge in [0.25, 0.3) is 0 Å². The summed E-state index contributed by atoms with van der Waals surface area (Å²) in [6.07, 6.45) is 0. The largest absolute Gasteiger partial charge is 0.350 e. The third-order valence-electron chi connectivity index (χ3n) is 4.98. The van der Waals surface area contributed by atoms with Gasteiger partial charge in [0.2, 0.25) is 21.8 Å². The highest BCUT2D eigenvalue weighted by atomic mass is 35.5. The Labute approximate surface area is 201 Å². The lowest BCUT2D eigenvalue weighted by molar-refractivity contribution is -0.141. The summed E-state index contributed by atoms with van der Waals surface area (Å²) in [6, 6.07) is 12.6. The molecule has 0 unspecified atom stereocenters. The molecule has 0 aliphatic rings. The molecule has 2 aromatic rings. The van der Waals surface area contributed by atoms with E-state index in [4.69, 9.17) is 11.6 Å². The van der Waals surface area contributed by atoms with Gasteiger partial charge in [0, 0.05) is 24.2 Å². The molecule has 0 bridgehead atoms. The first kappa shape index (κ1) is 26.8. The van der Waals surface area contributed by atoms with Crippen molar-refractivity contribution >= 4 is 33.4 Å². The molecule has 33 heavy (non-hydrogen) atoms. The number of carbonyl (C=O) groups is 2. The Morgan fingerprint density at radius 3 is 2.24 bits per heavy atom. The Bertz CT molecular complexity index is 1100. The first-order valence-corrected chi connectivity index (χ1v) is 12.4. The average Bonchev–Trinajstić information content (AvgIpc) is 2.70. The van der Waals surface area contributed by atoms with Crippen molar-refractivity contribution in [3.8, 4) is 0 Å². The van der Waals surface area contributed by atoms with Crippen LogP contribution in [0.3, 0.4) is 0 Å². The number of carbonyl (C=O) groups excluding carboxylic acids is 2. The van der Waals surface area contributed by atoms with Gasteiger partial charge in [-0.15, -0.1) is 0 Å². The minimum Gasteiger partial charge on any atom is -0.350 e. The van der Waals surface area contributed by atoms with E-state index in [1.807, 2.05) is 52.0 Å². The second kappa shape index (κ2) is 10.7. The predicted octanol–water partition coefficient (Wildman–Crippen LogP) is 3.60. The summed E-state index contributed by atoms with van der Waals surface area (Å²) in [6.45, 7) is 8.92. The standard InChI is InChI=1S/C24H32ClN3O4S/c1-17-8-7-9-19(14-17)15-28(18(2)23(30)26-24(3,4)5)22(29)16-27(6)33(31,32)21-12-10-20(25)11-13-21/h7-14,18H,15-16H2,1-6H3,(H,26,30)/t18-/m1/s1. The Morgan fingerprint density at radius 1 is 1.09 bits per heavy atom. The highest BCUT2D eigenvalue weighted by molar-refractivity contribution is 7.89. The van der Waals surface area contributed by atoms with Gasteiger partial charge in [-0.25, -0.2) is 8.42 Å². The van der Waals surface area contributed by atoms with Crippen LogP contribution in [0.1, 0.15) is 38.8 Å². The van der Waals surface area contributed by atoms with Crippen LogP contribution in [0.15, 0.2) is 53.4 Å². The quantitative estimate of drug-likeness (QED) is 0.608. The van der Waals surface area contributed by atoms with Crippen LogP contribution in [-0.4, -0.2) is 54.6 Å². The Balaban J connectivity index is 2.29. The van der Waals surface area contributed by atoms with Crippen molar-refractivity contribution in [2.24, 2.45) is 0 Å². The molecule has 0 aliphatic heterocycles. The fraction of sp³-hybridized carbons (Fsp3) is 0.417. The molecule has 0 spiro atoms. The van der Waals surface area contributed by atoms with Crippen LogP contribution in [0.5, 0.6) is 0 Å². The van der Waals surface area contributed by atoms with Crippen molar-refractivity contribution in [1.29, 1.82) is 0 Å². The lowest BCUT2D eigenvalue weighted by atomic mass is 10.1. The van der Waals surface area contributed by atoms with Gasteiger partial charge >= 0.3 is 0 Å². The average molecular weight is 494 g/mol. The van der Waals surface area contributed by atoms with E-state index in [2.05, 4.69) is 5.32 Å². The maximum Gasteiger partial charge on any atom is 0.243 e. The smallest absolute Gasteiger partial charge is 0.243 e. The molecule has 0 saturated carbocycles. The summed E-state index contributed by atoms with van der Waals surface area (Å²) in [7, 11) is -2.57. The van der Waals surface area contributed by atoms with Crippen molar-refractivity contribution in [1.82, 2.24) is 14.5 Å². The number of hydrogen-bond donors (Lipinski definition) is 1. The fourth-order valence-electron chi connectivity index (χ4n) is 3.22. The van der Waals surface area contributed by atoms with Crippen molar-refractivity contribution in [2.45, 2.75) is 57.6 Å². The first-order valence-electron chi connectivity index (χ1n) is 10.6. The Morgan fingerprint density at radius 2 is 1.70 bits per heavy atom. The highest BCUT2D eigenvalue weighted by Crippen LogP contribution is 2.19. The third-order valence-corrected chi connectivity index (χ3v) is 7.05. The molecule has 2 amide bonds. The maximum absolute atomic E-state index is 13.3. The molecule has 180 valence electrons. The van der Waals surface area contributed by atoms with E-state index < -0.39 is 34.1 Å². The molecule has 0 aliphatic carbocycles. The summed E-state index contributed by atoms with van der Waals surface area (Å²) in [4.78, 5) is 27.6. The number of sulfonamides is 1. The van der Waals surface area contributed by atoms with E-state index >= 15 is 0 Å². The zero-order valence-electron chi connectivity index (χ0n) is 19.9. The number of aryl methyl sites for hydroxylation is 1. The monoisotopic (exact) mass is 493 g/mol. The van der Waals surface area contributed by atoms with E-state index in [1.54, 1.807) is 6.92 Å². The molecular weight excluding hydrogens is 462 g/mol. The summed E-state index contributed by atoms with van der Waals surface area (Å²) < 4.78 is 26.8. The van der Waals surface area contributed by atoms with Crippen LogP contribution < -0.4 is 5.32 Å². The van der Waals surface area contributed by atoms with Gasteiger partial charge in [-0.05, 0) is 64.4 Å². The Hall–Kier alpha value is -2.42. The van der Waals surface area contributed by atoms with Gasteiger partial charge in [-0.3, -0.25) is 9.59 Å². The van der Waals surface area contributed by atoms with E-state index in [0.29, 0.717) is 5.02 Å². The lowest BCUT2D eigenvalue weighted by Gasteiger charge is -2.32. The summed E-state index contributed by atoms with van der Waals surface area (Å²) >= 11 is 5.86. The molecule has 0 heterocycles. The maximum atomic E-state index is 13.3. The topological polar surface area (TPSA) is 86.8 Å². The molecule has 1 atom stereocenters. The van der Waals surface area contributed by atoms with Gasteiger partial charge in [0.05, 0.1) is 11.4 Å². The third kappa shape index (κ3) is 7.55. The summed E-state index contributed by atoms with van der Waals surface area (Å²) in [5.74, 6) is -0.792. The van der Waals surface area contributed by atoms with Crippen molar-refractivity contribution in [2.75, 3.05) is 13.6 Å². The van der Waals surface area contributed by atoms with Crippen LogP contribution in [-0.2, 0) is 26.2 Å². The molecule has 0 radical (unpaired) electrons. The molecule has 0 aromatic heterocycles. The molecular formula is C24H32ClN3O4S.